The summed E-state index contributed by atoms with van der Waals surface area (Å²) in [7, 11) is 0. The molecule has 0 fully saturated rings. The maximum absolute atomic E-state index is 5.31. The Hall–Kier alpha value is -8.28. The van der Waals surface area contributed by atoms with Gasteiger partial charge in [0, 0.05) is 43.9 Å². The first kappa shape index (κ1) is 35.6. The first-order valence-corrected chi connectivity index (χ1v) is 21.1. The lowest BCUT2D eigenvalue weighted by molar-refractivity contribution is 0.670. The monoisotopic (exact) mass is 793 g/mol. The fraction of sp³-hybridized carbons (Fsp3) is 0.0175. The van der Waals surface area contributed by atoms with Crippen molar-refractivity contribution in [3.63, 3.8) is 0 Å². The first-order chi connectivity index (χ1) is 30.7. The summed E-state index contributed by atoms with van der Waals surface area (Å²) in [5, 5.41) is 8.57. The summed E-state index contributed by atoms with van der Waals surface area (Å²) < 4.78 is 4.86. The number of aliphatic imine (C=N–C) groups is 2. The largest absolute Gasteiger partial charge is 0.344 e. The second-order valence-corrected chi connectivity index (χ2v) is 15.8. The minimum Gasteiger partial charge on any atom is -0.344 e. The highest BCUT2D eigenvalue weighted by molar-refractivity contribution is 6.14. The topological polar surface area (TPSA) is 46.6 Å². The summed E-state index contributed by atoms with van der Waals surface area (Å²) in [6.07, 6.45) is -0.398. The summed E-state index contributed by atoms with van der Waals surface area (Å²) in [6.45, 7) is 0. The van der Waals surface area contributed by atoms with E-state index in [1.54, 1.807) is 0 Å². The average Bonchev–Trinajstić information content (AvgIpc) is 3.86. The van der Waals surface area contributed by atoms with Gasteiger partial charge in [-0.25, -0.2) is 9.98 Å². The molecule has 9 aromatic carbocycles. The molecule has 12 rings (SSSR count). The van der Waals surface area contributed by atoms with Crippen molar-refractivity contribution in [2.75, 3.05) is 0 Å². The normalized spacial score (nSPS) is 14.0. The molecule has 1 aliphatic rings. The number of rotatable bonds is 7. The smallest absolute Gasteiger partial charge is 0.159 e. The number of aromatic nitrogens is 2. The molecule has 1 atom stereocenters. The van der Waals surface area contributed by atoms with Crippen molar-refractivity contribution in [1.29, 1.82) is 0 Å². The van der Waals surface area contributed by atoms with Gasteiger partial charge >= 0.3 is 0 Å². The third kappa shape index (κ3) is 6.02. The minimum absolute atomic E-state index is 0.398. The molecule has 2 aromatic heterocycles. The van der Waals surface area contributed by atoms with Crippen molar-refractivity contribution >= 4 is 55.3 Å². The molecule has 1 N–H and O–H groups in total. The summed E-state index contributed by atoms with van der Waals surface area (Å²) >= 11 is 0. The van der Waals surface area contributed by atoms with Gasteiger partial charge in [0.25, 0.3) is 0 Å². The van der Waals surface area contributed by atoms with Crippen LogP contribution in [-0.4, -0.2) is 20.8 Å². The molecule has 11 aromatic rings. The third-order valence-corrected chi connectivity index (χ3v) is 12.2. The average molecular weight is 794 g/mol. The van der Waals surface area contributed by atoms with Crippen LogP contribution in [0.3, 0.4) is 0 Å². The molecule has 0 bridgehead atoms. The maximum Gasteiger partial charge on any atom is 0.159 e. The van der Waals surface area contributed by atoms with Crippen LogP contribution in [0.25, 0.3) is 77.2 Å². The summed E-state index contributed by atoms with van der Waals surface area (Å²) in [5.74, 6) is 1.49. The predicted octanol–water partition coefficient (Wildman–Crippen LogP) is 13.7. The van der Waals surface area contributed by atoms with Gasteiger partial charge < -0.3 is 14.5 Å². The molecule has 0 saturated carbocycles. The highest BCUT2D eigenvalue weighted by Crippen LogP contribution is 2.40. The van der Waals surface area contributed by atoms with Crippen LogP contribution in [-0.2, 0) is 0 Å². The zero-order valence-corrected chi connectivity index (χ0v) is 33.7. The van der Waals surface area contributed by atoms with E-state index >= 15 is 0 Å². The molecular formula is C57H39N5. The summed E-state index contributed by atoms with van der Waals surface area (Å²) in [6, 6.07) is 80.0. The summed E-state index contributed by atoms with van der Waals surface area (Å²) in [4.78, 5) is 10.4. The number of para-hydroxylation sites is 3. The predicted molar refractivity (Wildman–Crippen MR) is 258 cm³/mol. The number of nitrogens with zero attached hydrogens (tertiary/aromatic N) is 4. The molecule has 5 nitrogen and oxygen atoms in total. The Morgan fingerprint density at radius 3 is 1.60 bits per heavy atom. The molecule has 0 spiro atoms. The van der Waals surface area contributed by atoms with E-state index in [2.05, 4.69) is 203 Å². The number of hydrogen-bond donors (Lipinski definition) is 1. The van der Waals surface area contributed by atoms with Crippen LogP contribution in [0, 0.1) is 0 Å². The molecule has 1 unspecified atom stereocenters. The Balaban J connectivity index is 1.05. The van der Waals surface area contributed by atoms with Gasteiger partial charge in [-0.1, -0.05) is 182 Å². The fourth-order valence-corrected chi connectivity index (χ4v) is 9.29. The van der Waals surface area contributed by atoms with Crippen LogP contribution in [0.15, 0.2) is 234 Å². The van der Waals surface area contributed by atoms with Crippen molar-refractivity contribution in [1.82, 2.24) is 14.5 Å². The Labute approximate surface area is 359 Å². The van der Waals surface area contributed by atoms with Gasteiger partial charge in [-0.15, -0.1) is 0 Å². The Kier molecular flexibility index (Phi) is 8.49. The van der Waals surface area contributed by atoms with E-state index in [0.717, 1.165) is 50.5 Å². The molecule has 0 amide bonds. The number of hydrogen-bond acceptors (Lipinski definition) is 3. The van der Waals surface area contributed by atoms with E-state index in [1.165, 1.54) is 49.3 Å². The Morgan fingerprint density at radius 2 is 0.871 bits per heavy atom. The lowest BCUT2D eigenvalue weighted by Crippen LogP contribution is -2.34. The van der Waals surface area contributed by atoms with E-state index in [1.807, 2.05) is 36.4 Å². The van der Waals surface area contributed by atoms with Crippen molar-refractivity contribution in [2.45, 2.75) is 6.17 Å². The van der Waals surface area contributed by atoms with E-state index in [0.29, 0.717) is 5.84 Å². The number of benzene rings is 9. The number of amidine groups is 2. The number of nitrogens with one attached hydrogen (secondary N) is 1. The van der Waals surface area contributed by atoms with Gasteiger partial charge in [-0.2, -0.15) is 0 Å². The molecule has 0 aliphatic carbocycles. The zero-order chi connectivity index (χ0) is 41.0. The van der Waals surface area contributed by atoms with Crippen molar-refractivity contribution in [2.24, 2.45) is 9.98 Å². The molecule has 0 radical (unpaired) electrons. The lowest BCUT2D eigenvalue weighted by atomic mass is 9.98. The summed E-state index contributed by atoms with van der Waals surface area (Å²) in [5.41, 5.74) is 14.6. The second kappa shape index (κ2) is 14.8. The van der Waals surface area contributed by atoms with Crippen molar-refractivity contribution < 1.29 is 0 Å². The van der Waals surface area contributed by atoms with E-state index in [4.69, 9.17) is 9.98 Å². The first-order valence-electron chi connectivity index (χ1n) is 21.1. The van der Waals surface area contributed by atoms with Gasteiger partial charge in [0.2, 0.25) is 0 Å². The van der Waals surface area contributed by atoms with E-state index in [9.17, 15) is 0 Å². The molecule has 62 heavy (non-hydrogen) atoms. The van der Waals surface area contributed by atoms with Gasteiger partial charge in [0.1, 0.15) is 12.0 Å². The zero-order valence-electron chi connectivity index (χ0n) is 33.7. The molecular weight excluding hydrogens is 755 g/mol. The van der Waals surface area contributed by atoms with Crippen LogP contribution < -0.4 is 5.32 Å². The van der Waals surface area contributed by atoms with Gasteiger partial charge in [-0.05, 0) is 64.7 Å². The van der Waals surface area contributed by atoms with Crippen LogP contribution in [0.5, 0.6) is 0 Å². The fourth-order valence-electron chi connectivity index (χ4n) is 9.29. The Morgan fingerprint density at radius 1 is 0.355 bits per heavy atom. The van der Waals surface area contributed by atoms with Crippen LogP contribution in [0.1, 0.15) is 22.9 Å². The van der Waals surface area contributed by atoms with Crippen LogP contribution in [0.4, 0.5) is 0 Å². The Bertz CT molecular complexity index is 3540. The minimum atomic E-state index is -0.398. The van der Waals surface area contributed by atoms with Crippen LogP contribution in [0.2, 0.25) is 0 Å². The van der Waals surface area contributed by atoms with Gasteiger partial charge in [0.15, 0.2) is 5.84 Å². The standard InChI is InChI=1S/C57H39N5/c1-4-17-38(18-5-1)41-23-16-24-42(35-41)43-31-33-47-45-25-10-13-28-50(45)61(53(47)36-43)44-32-34-48-46-26-11-14-29-51(46)62(54(48)37-44)52-30-15-12-27-49(52)57-59-55(39-19-6-2-7-20-39)58-56(60-57)40-21-8-3-9-22-40/h1-37,57H,(H,58,59,60). The van der Waals surface area contributed by atoms with E-state index in [-0.39, 0.29) is 0 Å². The quantitative estimate of drug-likeness (QED) is 0.172. The molecule has 0 saturated heterocycles. The van der Waals surface area contributed by atoms with Crippen molar-refractivity contribution in [3.8, 4) is 33.6 Å². The SMILES string of the molecule is c1ccc(C2=NC(c3ccccc3-n3c4ccccc4c4ccc(-n5c6ccccc6c6ccc(-c7cccc(-c8ccccc8)c7)cc65)cc43)NC(c3ccccc3)=N2)cc1. The highest BCUT2D eigenvalue weighted by atomic mass is 15.2. The van der Waals surface area contributed by atoms with E-state index < -0.39 is 6.17 Å². The maximum atomic E-state index is 5.31. The lowest BCUT2D eigenvalue weighted by Gasteiger charge is -2.26. The number of fused-ring (bicyclic) bond motifs is 6. The highest BCUT2D eigenvalue weighted by Gasteiger charge is 2.25. The third-order valence-electron chi connectivity index (χ3n) is 12.2. The molecule has 3 heterocycles. The van der Waals surface area contributed by atoms with Crippen molar-refractivity contribution in [3.05, 3.63) is 241 Å². The molecule has 1 aliphatic heterocycles. The van der Waals surface area contributed by atoms with Crippen LogP contribution >= 0.6 is 0 Å². The molecule has 5 heteroatoms. The molecule has 292 valence electrons. The second-order valence-electron chi connectivity index (χ2n) is 15.8. The van der Waals surface area contributed by atoms with Gasteiger partial charge in [0.05, 0.1) is 27.8 Å². The van der Waals surface area contributed by atoms with Gasteiger partial charge in [-0.3, -0.25) is 0 Å².